The first kappa shape index (κ1) is 22.1. The maximum atomic E-state index is 8.94. The van der Waals surface area contributed by atoms with E-state index in [1.807, 2.05) is 30.3 Å². The van der Waals surface area contributed by atoms with Crippen molar-refractivity contribution in [1.82, 2.24) is 0 Å². The van der Waals surface area contributed by atoms with Crippen LogP contribution < -0.4 is 0 Å². The molecule has 3 heteroatoms. The highest BCUT2D eigenvalue weighted by molar-refractivity contribution is 5.28. The summed E-state index contributed by atoms with van der Waals surface area (Å²) in [5.74, 6) is 2.08. The molecule has 3 rings (SSSR count). The topological polar surface area (TPSA) is 60.7 Å². The molecule has 3 nitrogen and oxygen atoms in total. The van der Waals surface area contributed by atoms with Crippen molar-refractivity contribution >= 4 is 0 Å². The molecule has 0 bridgehead atoms. The highest BCUT2D eigenvalue weighted by atomic mass is 16.3. The van der Waals surface area contributed by atoms with Gasteiger partial charge in [0.1, 0.15) is 17.2 Å². The summed E-state index contributed by atoms with van der Waals surface area (Å²) in [6.45, 7) is 8.53. The van der Waals surface area contributed by atoms with E-state index in [4.69, 9.17) is 15.3 Å². The van der Waals surface area contributed by atoms with Crippen LogP contribution in [0.15, 0.2) is 78.9 Å². The van der Waals surface area contributed by atoms with E-state index in [2.05, 4.69) is 27.7 Å². The molecule has 0 radical (unpaired) electrons. The van der Waals surface area contributed by atoms with Crippen molar-refractivity contribution in [3.63, 3.8) is 0 Å². The molecule has 0 saturated heterocycles. The Hall–Kier alpha value is -2.94. The Balaban J connectivity index is 0.000000206. The lowest BCUT2D eigenvalue weighted by molar-refractivity contribution is 0.474. The van der Waals surface area contributed by atoms with Crippen molar-refractivity contribution in [3.05, 3.63) is 90.0 Å². The molecule has 3 N–H and O–H groups in total. The van der Waals surface area contributed by atoms with Crippen molar-refractivity contribution in [2.24, 2.45) is 0 Å². The maximum absolute atomic E-state index is 8.94. The van der Waals surface area contributed by atoms with Crippen LogP contribution in [0.25, 0.3) is 0 Å². The summed E-state index contributed by atoms with van der Waals surface area (Å²) in [7, 11) is 0. The largest absolute Gasteiger partial charge is 0.508 e. The van der Waals surface area contributed by atoms with Gasteiger partial charge in [-0.3, -0.25) is 0 Å². The van der Waals surface area contributed by atoms with Gasteiger partial charge in [-0.1, -0.05) is 70.2 Å². The van der Waals surface area contributed by atoms with Gasteiger partial charge >= 0.3 is 0 Å². The standard InChI is InChI=1S/2C9H12O.C6H6O/c2*1-7(2)8-3-5-9(10)6-4-8;7-6-4-2-1-3-5-6/h2*3-7,10H,1-2H3;1-5,7H. The molecule has 0 aliphatic carbocycles. The van der Waals surface area contributed by atoms with E-state index in [1.54, 1.807) is 48.5 Å². The van der Waals surface area contributed by atoms with Gasteiger partial charge < -0.3 is 15.3 Å². The van der Waals surface area contributed by atoms with Crippen LogP contribution in [0.3, 0.4) is 0 Å². The quantitative estimate of drug-likeness (QED) is 0.490. The third-order valence-electron chi connectivity index (χ3n) is 3.88. The third-order valence-corrected chi connectivity index (χ3v) is 3.88. The normalized spacial score (nSPS) is 9.85. The Morgan fingerprint density at radius 2 is 0.741 bits per heavy atom. The molecule has 0 fully saturated rings. The van der Waals surface area contributed by atoms with Crippen LogP contribution in [-0.4, -0.2) is 15.3 Å². The van der Waals surface area contributed by atoms with Crippen LogP contribution in [0.2, 0.25) is 0 Å². The molecule has 3 aromatic carbocycles. The fraction of sp³-hybridized carbons (Fsp3) is 0.250. The molecule has 3 aromatic rings. The zero-order valence-electron chi connectivity index (χ0n) is 16.5. The SMILES string of the molecule is CC(C)c1ccc(O)cc1.CC(C)c1ccc(O)cc1.Oc1ccccc1. The molecule has 0 atom stereocenters. The molecular weight excluding hydrogens is 336 g/mol. The number of aromatic hydroxyl groups is 3. The minimum atomic E-state index is 0.322. The molecule has 0 aliphatic heterocycles. The number of rotatable bonds is 2. The molecule has 144 valence electrons. The Kier molecular flexibility index (Phi) is 9.52. The number of para-hydroxylation sites is 1. The monoisotopic (exact) mass is 366 g/mol. The van der Waals surface area contributed by atoms with Gasteiger partial charge in [0.05, 0.1) is 0 Å². The first-order valence-electron chi connectivity index (χ1n) is 9.11. The van der Waals surface area contributed by atoms with E-state index in [0.29, 0.717) is 29.1 Å². The Morgan fingerprint density at radius 3 is 0.963 bits per heavy atom. The summed E-state index contributed by atoms with van der Waals surface area (Å²) < 4.78 is 0. The van der Waals surface area contributed by atoms with Crippen LogP contribution in [0.1, 0.15) is 50.7 Å². The van der Waals surface area contributed by atoms with Crippen LogP contribution >= 0.6 is 0 Å². The predicted molar refractivity (Wildman–Crippen MR) is 112 cm³/mol. The van der Waals surface area contributed by atoms with Gasteiger partial charge in [-0.2, -0.15) is 0 Å². The number of phenolic OH excluding ortho intramolecular Hbond substituents is 3. The molecule has 0 saturated carbocycles. The van der Waals surface area contributed by atoms with E-state index in [0.717, 1.165) is 0 Å². The van der Waals surface area contributed by atoms with E-state index < -0.39 is 0 Å². The lowest BCUT2D eigenvalue weighted by Crippen LogP contribution is -1.84. The van der Waals surface area contributed by atoms with Crippen molar-refractivity contribution in [3.8, 4) is 17.2 Å². The zero-order valence-corrected chi connectivity index (χ0v) is 16.5. The van der Waals surface area contributed by atoms with Crippen LogP contribution in [0.5, 0.6) is 17.2 Å². The second-order valence-electron chi connectivity index (χ2n) is 6.83. The number of hydrogen-bond acceptors (Lipinski definition) is 3. The zero-order chi connectivity index (χ0) is 20.2. The lowest BCUT2D eigenvalue weighted by Gasteiger charge is -2.03. The van der Waals surface area contributed by atoms with E-state index >= 15 is 0 Å². The Morgan fingerprint density at radius 1 is 0.444 bits per heavy atom. The van der Waals surface area contributed by atoms with Crippen LogP contribution in [0.4, 0.5) is 0 Å². The van der Waals surface area contributed by atoms with Gasteiger partial charge in [0.25, 0.3) is 0 Å². The number of phenols is 3. The minimum absolute atomic E-state index is 0.322. The summed E-state index contributed by atoms with van der Waals surface area (Å²) in [4.78, 5) is 0. The molecule has 0 amide bonds. The Bertz CT molecular complexity index is 696. The van der Waals surface area contributed by atoms with Gasteiger partial charge in [-0.15, -0.1) is 0 Å². The first-order chi connectivity index (χ1) is 12.8. The predicted octanol–water partition coefficient (Wildman–Crippen LogP) is 6.42. The van der Waals surface area contributed by atoms with Gasteiger partial charge in [0.2, 0.25) is 0 Å². The van der Waals surface area contributed by atoms with Crippen molar-refractivity contribution in [2.75, 3.05) is 0 Å². The smallest absolute Gasteiger partial charge is 0.115 e. The molecule has 27 heavy (non-hydrogen) atoms. The number of hydrogen-bond donors (Lipinski definition) is 3. The van der Waals surface area contributed by atoms with Crippen LogP contribution in [0, 0.1) is 0 Å². The maximum Gasteiger partial charge on any atom is 0.115 e. The fourth-order valence-electron chi connectivity index (χ4n) is 2.15. The summed E-state index contributed by atoms with van der Waals surface area (Å²) in [5.41, 5.74) is 2.52. The molecule has 0 unspecified atom stereocenters. The highest BCUT2D eigenvalue weighted by Crippen LogP contribution is 2.17. The third kappa shape index (κ3) is 9.36. The van der Waals surface area contributed by atoms with Gasteiger partial charge in [-0.05, 0) is 59.4 Å². The van der Waals surface area contributed by atoms with Crippen molar-refractivity contribution in [1.29, 1.82) is 0 Å². The minimum Gasteiger partial charge on any atom is -0.508 e. The average molecular weight is 367 g/mol. The number of benzene rings is 3. The van der Waals surface area contributed by atoms with E-state index in [9.17, 15) is 0 Å². The fourth-order valence-corrected chi connectivity index (χ4v) is 2.15. The van der Waals surface area contributed by atoms with Crippen molar-refractivity contribution < 1.29 is 15.3 Å². The molecule has 0 spiro atoms. The molecular formula is C24H30O3. The summed E-state index contributed by atoms with van der Waals surface area (Å²) in [6, 6.07) is 23.4. The highest BCUT2D eigenvalue weighted by Gasteiger charge is 1.97. The van der Waals surface area contributed by atoms with Crippen molar-refractivity contribution in [2.45, 2.75) is 39.5 Å². The van der Waals surface area contributed by atoms with Gasteiger partial charge in [0.15, 0.2) is 0 Å². The summed E-state index contributed by atoms with van der Waals surface area (Å²) in [6.07, 6.45) is 0. The summed E-state index contributed by atoms with van der Waals surface area (Å²) in [5, 5.41) is 26.5. The van der Waals surface area contributed by atoms with Gasteiger partial charge in [0, 0.05) is 0 Å². The van der Waals surface area contributed by atoms with E-state index in [-0.39, 0.29) is 0 Å². The average Bonchev–Trinajstić information content (AvgIpc) is 2.64. The Labute approximate surface area is 162 Å². The second-order valence-corrected chi connectivity index (χ2v) is 6.83. The molecule has 0 aromatic heterocycles. The van der Waals surface area contributed by atoms with E-state index in [1.165, 1.54) is 11.1 Å². The second kappa shape index (κ2) is 11.6. The van der Waals surface area contributed by atoms with Crippen LogP contribution in [-0.2, 0) is 0 Å². The summed E-state index contributed by atoms with van der Waals surface area (Å²) >= 11 is 0. The molecule has 0 heterocycles. The molecule has 0 aliphatic rings. The first-order valence-corrected chi connectivity index (χ1v) is 9.11. The van der Waals surface area contributed by atoms with Gasteiger partial charge in [-0.25, -0.2) is 0 Å². The lowest BCUT2D eigenvalue weighted by atomic mass is 10.0.